The van der Waals surface area contributed by atoms with Gasteiger partial charge in [-0.1, -0.05) is 42.5 Å². The number of guanidine groups is 1. The summed E-state index contributed by atoms with van der Waals surface area (Å²) < 4.78 is 1.98. The third-order valence-electron chi connectivity index (χ3n) is 5.64. The molecule has 3 rings (SSSR count). The van der Waals surface area contributed by atoms with Crippen LogP contribution < -0.4 is 10.6 Å². The number of hydrogen-bond acceptors (Lipinski definition) is 4. The average molecular weight is 410 g/mol. The van der Waals surface area contributed by atoms with Crippen LogP contribution in [0.15, 0.2) is 47.5 Å². The van der Waals surface area contributed by atoms with Crippen molar-refractivity contribution in [3.05, 3.63) is 59.7 Å². The van der Waals surface area contributed by atoms with Gasteiger partial charge < -0.3 is 15.2 Å². The first-order chi connectivity index (χ1) is 14.4. The van der Waals surface area contributed by atoms with E-state index < -0.39 is 0 Å². The molecule has 0 radical (unpaired) electrons. The number of aromatic nitrogens is 3. The fourth-order valence-corrected chi connectivity index (χ4v) is 3.71. The smallest absolute Gasteiger partial charge is 0.192 e. The highest BCUT2D eigenvalue weighted by atomic mass is 15.3. The predicted molar refractivity (Wildman–Crippen MR) is 122 cm³/mol. The molecule has 1 unspecified atom stereocenters. The van der Waals surface area contributed by atoms with E-state index in [2.05, 4.69) is 70.4 Å². The molecule has 1 aromatic carbocycles. The first-order valence-corrected chi connectivity index (χ1v) is 10.8. The number of aliphatic imine (C=N–C) groups is 1. The number of piperidine rings is 1. The van der Waals surface area contributed by atoms with E-state index in [1.165, 1.54) is 11.1 Å². The second-order valence-electron chi connectivity index (χ2n) is 8.32. The van der Waals surface area contributed by atoms with Crippen LogP contribution in [0.2, 0.25) is 0 Å². The summed E-state index contributed by atoms with van der Waals surface area (Å²) in [6.07, 6.45) is 2.19. The Morgan fingerprint density at radius 1 is 1.23 bits per heavy atom. The van der Waals surface area contributed by atoms with Gasteiger partial charge in [0.1, 0.15) is 12.4 Å². The van der Waals surface area contributed by atoms with E-state index in [0.717, 1.165) is 50.1 Å². The molecule has 30 heavy (non-hydrogen) atoms. The van der Waals surface area contributed by atoms with Gasteiger partial charge in [0.2, 0.25) is 0 Å². The molecule has 7 heteroatoms. The summed E-state index contributed by atoms with van der Waals surface area (Å²) in [7, 11) is 1.98. The van der Waals surface area contributed by atoms with Crippen LogP contribution >= 0.6 is 0 Å². The van der Waals surface area contributed by atoms with Crippen molar-refractivity contribution in [2.75, 3.05) is 19.6 Å². The predicted octanol–water partition coefficient (Wildman–Crippen LogP) is 2.96. The number of nitrogens with zero attached hydrogens (tertiary/aromatic N) is 5. The Kier molecular flexibility index (Phi) is 7.63. The van der Waals surface area contributed by atoms with Crippen LogP contribution in [-0.2, 0) is 13.6 Å². The van der Waals surface area contributed by atoms with Crippen LogP contribution in [0.1, 0.15) is 49.9 Å². The molecular formula is C23H35N7. The molecule has 1 aliphatic rings. The molecule has 0 bridgehead atoms. The molecule has 0 spiro atoms. The van der Waals surface area contributed by atoms with Crippen molar-refractivity contribution in [1.29, 1.82) is 0 Å². The number of rotatable bonds is 7. The standard InChI is InChI=1S/C23H35N7/c1-17(2)16-30-13-11-21(12-14-30)26-23(24-15-22-28-27-19(4)29(22)5)25-18(3)20-9-7-6-8-10-20/h6-10,18,21H,1,11-16H2,2-5H3,(H2,24,25,26). The number of nitrogens with one attached hydrogen (secondary N) is 2. The van der Waals surface area contributed by atoms with Gasteiger partial charge in [-0.3, -0.25) is 4.90 Å². The maximum absolute atomic E-state index is 4.84. The minimum Gasteiger partial charge on any atom is -0.354 e. The zero-order chi connectivity index (χ0) is 21.5. The van der Waals surface area contributed by atoms with Crippen molar-refractivity contribution in [3.63, 3.8) is 0 Å². The van der Waals surface area contributed by atoms with Crippen LogP contribution in [0.25, 0.3) is 0 Å². The van der Waals surface area contributed by atoms with E-state index in [0.29, 0.717) is 12.6 Å². The average Bonchev–Trinajstić information content (AvgIpc) is 3.05. The summed E-state index contributed by atoms with van der Waals surface area (Å²) in [5.74, 6) is 2.58. The van der Waals surface area contributed by atoms with Crippen molar-refractivity contribution in [2.24, 2.45) is 12.0 Å². The normalized spacial score (nSPS) is 17.0. The molecule has 162 valence electrons. The molecule has 2 N–H and O–H groups in total. The highest BCUT2D eigenvalue weighted by Crippen LogP contribution is 2.14. The number of benzene rings is 1. The third kappa shape index (κ3) is 6.16. The van der Waals surface area contributed by atoms with Crippen molar-refractivity contribution in [1.82, 2.24) is 30.3 Å². The first-order valence-electron chi connectivity index (χ1n) is 10.8. The number of hydrogen-bond donors (Lipinski definition) is 2. The van der Waals surface area contributed by atoms with E-state index >= 15 is 0 Å². The maximum atomic E-state index is 4.84. The van der Waals surface area contributed by atoms with Gasteiger partial charge in [0, 0.05) is 32.7 Å². The zero-order valence-corrected chi connectivity index (χ0v) is 18.7. The van der Waals surface area contributed by atoms with Gasteiger partial charge in [-0.25, -0.2) is 4.99 Å². The Bertz CT molecular complexity index is 848. The second kappa shape index (κ2) is 10.4. The molecule has 7 nitrogen and oxygen atoms in total. The topological polar surface area (TPSA) is 70.4 Å². The van der Waals surface area contributed by atoms with Gasteiger partial charge in [0.15, 0.2) is 11.8 Å². The molecule has 1 aromatic heterocycles. The summed E-state index contributed by atoms with van der Waals surface area (Å²) in [5.41, 5.74) is 2.46. The van der Waals surface area contributed by atoms with Crippen LogP contribution in [0.4, 0.5) is 0 Å². The molecule has 0 aliphatic carbocycles. The van der Waals surface area contributed by atoms with E-state index in [4.69, 9.17) is 4.99 Å². The van der Waals surface area contributed by atoms with E-state index in [9.17, 15) is 0 Å². The first kappa shape index (κ1) is 22.0. The SMILES string of the molecule is C=C(C)CN1CCC(NC(=NCc2nnc(C)n2C)NC(C)c2ccccc2)CC1. The van der Waals surface area contributed by atoms with E-state index in [1.54, 1.807) is 0 Å². The molecule has 2 aromatic rings. The Morgan fingerprint density at radius 2 is 1.93 bits per heavy atom. The Hall–Kier alpha value is -2.67. The second-order valence-corrected chi connectivity index (χ2v) is 8.32. The Labute approximate surface area is 180 Å². The van der Waals surface area contributed by atoms with Gasteiger partial charge in [-0.15, -0.1) is 10.2 Å². The van der Waals surface area contributed by atoms with Crippen molar-refractivity contribution < 1.29 is 0 Å². The molecule has 0 amide bonds. The molecule has 0 saturated carbocycles. The maximum Gasteiger partial charge on any atom is 0.192 e. The van der Waals surface area contributed by atoms with Gasteiger partial charge in [0.05, 0.1) is 6.04 Å². The third-order valence-corrected chi connectivity index (χ3v) is 5.64. The Morgan fingerprint density at radius 3 is 2.53 bits per heavy atom. The largest absolute Gasteiger partial charge is 0.354 e. The van der Waals surface area contributed by atoms with Crippen molar-refractivity contribution in [3.8, 4) is 0 Å². The molecular weight excluding hydrogens is 374 g/mol. The summed E-state index contributed by atoms with van der Waals surface area (Å²) >= 11 is 0. The molecule has 2 heterocycles. The minimum absolute atomic E-state index is 0.155. The van der Waals surface area contributed by atoms with Crippen LogP contribution in [0.3, 0.4) is 0 Å². The number of likely N-dealkylation sites (tertiary alicyclic amines) is 1. The van der Waals surface area contributed by atoms with E-state index in [1.807, 2.05) is 24.6 Å². The lowest BCUT2D eigenvalue weighted by atomic mass is 10.0. The van der Waals surface area contributed by atoms with Crippen LogP contribution in [-0.4, -0.2) is 51.3 Å². The monoisotopic (exact) mass is 409 g/mol. The van der Waals surface area contributed by atoms with Crippen molar-refractivity contribution >= 4 is 5.96 Å². The van der Waals surface area contributed by atoms with Crippen molar-refractivity contribution in [2.45, 2.75) is 52.2 Å². The Balaban J connectivity index is 1.66. The van der Waals surface area contributed by atoms with Gasteiger partial charge in [0.25, 0.3) is 0 Å². The van der Waals surface area contributed by atoms with E-state index in [-0.39, 0.29) is 6.04 Å². The van der Waals surface area contributed by atoms with Gasteiger partial charge in [-0.2, -0.15) is 0 Å². The summed E-state index contributed by atoms with van der Waals surface area (Å²) in [5, 5.41) is 15.6. The summed E-state index contributed by atoms with van der Waals surface area (Å²) in [4.78, 5) is 7.31. The number of aryl methyl sites for hydroxylation is 1. The fraction of sp³-hybridized carbons (Fsp3) is 0.522. The molecule has 1 atom stereocenters. The molecule has 1 fully saturated rings. The summed E-state index contributed by atoms with van der Waals surface area (Å²) in [6.45, 7) is 13.9. The lowest BCUT2D eigenvalue weighted by molar-refractivity contribution is 0.221. The highest BCUT2D eigenvalue weighted by molar-refractivity contribution is 5.80. The van der Waals surface area contributed by atoms with Crippen LogP contribution in [0, 0.1) is 6.92 Å². The minimum atomic E-state index is 0.155. The lowest BCUT2D eigenvalue weighted by Crippen LogP contribution is -2.49. The van der Waals surface area contributed by atoms with Crippen LogP contribution in [0.5, 0.6) is 0 Å². The quantitative estimate of drug-likeness (QED) is 0.418. The lowest BCUT2D eigenvalue weighted by Gasteiger charge is -2.33. The molecule has 1 saturated heterocycles. The molecule has 1 aliphatic heterocycles. The fourth-order valence-electron chi connectivity index (χ4n) is 3.71. The summed E-state index contributed by atoms with van der Waals surface area (Å²) in [6, 6.07) is 11.0. The van der Waals surface area contributed by atoms with Gasteiger partial charge >= 0.3 is 0 Å². The zero-order valence-electron chi connectivity index (χ0n) is 18.7. The van der Waals surface area contributed by atoms with Gasteiger partial charge in [-0.05, 0) is 39.2 Å². The highest BCUT2D eigenvalue weighted by Gasteiger charge is 2.21.